The van der Waals surface area contributed by atoms with Gasteiger partial charge in [-0.3, -0.25) is 9.20 Å². The molecule has 0 saturated heterocycles. The number of imidazole rings is 1. The van der Waals surface area contributed by atoms with Crippen LogP contribution in [0, 0.1) is 11.2 Å². The van der Waals surface area contributed by atoms with Crippen LogP contribution in [0.1, 0.15) is 53.7 Å². The van der Waals surface area contributed by atoms with Gasteiger partial charge in [0.2, 0.25) is 0 Å². The molecule has 3 heterocycles. The number of ether oxygens (including phenoxy) is 1. The van der Waals surface area contributed by atoms with Crippen molar-refractivity contribution in [2.24, 2.45) is 5.41 Å². The van der Waals surface area contributed by atoms with Gasteiger partial charge in [-0.05, 0) is 35.4 Å². The van der Waals surface area contributed by atoms with Gasteiger partial charge in [-0.2, -0.15) is 0 Å². The Hall–Kier alpha value is -3.68. The summed E-state index contributed by atoms with van der Waals surface area (Å²) in [6, 6.07) is 8.73. The largest absolute Gasteiger partial charge is 0.491 e. The number of carbonyl (C=O) groups is 1. The van der Waals surface area contributed by atoms with Crippen LogP contribution in [-0.2, 0) is 0 Å². The molecule has 2 aromatic carbocycles. The minimum atomic E-state index is -0.642. The van der Waals surface area contributed by atoms with Crippen LogP contribution in [0.15, 0.2) is 42.9 Å². The van der Waals surface area contributed by atoms with Crippen LogP contribution in [0.4, 0.5) is 10.2 Å². The quantitative estimate of drug-likeness (QED) is 0.508. The maximum Gasteiger partial charge on any atom is 0.257 e. The summed E-state index contributed by atoms with van der Waals surface area (Å²) in [6.07, 6.45) is 4.33. The molecule has 1 aliphatic heterocycles. The number of anilines is 1. The lowest BCUT2D eigenvalue weighted by molar-refractivity contribution is 0.0704. The SMILES string of the molecule is CN(C(=O)c1cc2c(cc1F)nc(N)c1cncn12)[C@@H]1COc2cc(C3CC3(C)C)ccc21. The first-order valence-electron chi connectivity index (χ1n) is 11.0. The number of nitrogens with zero attached hydrogens (tertiary/aromatic N) is 4. The Morgan fingerprint density at radius 3 is 2.82 bits per heavy atom. The molecular weight excluding hydrogens is 421 g/mol. The second-order valence-electron chi connectivity index (χ2n) is 9.75. The smallest absolute Gasteiger partial charge is 0.257 e. The number of rotatable bonds is 3. The molecular formula is C25H24FN5O2. The molecule has 2 aliphatic rings. The number of hydrogen-bond donors (Lipinski definition) is 1. The summed E-state index contributed by atoms with van der Waals surface area (Å²) in [5.74, 6) is 0.534. The first-order chi connectivity index (χ1) is 15.7. The molecule has 6 rings (SSSR count). The number of carbonyl (C=O) groups excluding carboxylic acids is 1. The van der Waals surface area contributed by atoms with E-state index in [1.807, 2.05) is 6.07 Å². The van der Waals surface area contributed by atoms with Crippen molar-refractivity contribution < 1.29 is 13.9 Å². The van der Waals surface area contributed by atoms with E-state index >= 15 is 4.39 Å². The minimum Gasteiger partial charge on any atom is -0.491 e. The fourth-order valence-corrected chi connectivity index (χ4v) is 4.98. The molecule has 7 nitrogen and oxygen atoms in total. The van der Waals surface area contributed by atoms with Gasteiger partial charge in [0.15, 0.2) is 0 Å². The number of nitrogens with two attached hydrogens (primary N) is 1. The molecule has 33 heavy (non-hydrogen) atoms. The summed E-state index contributed by atoms with van der Waals surface area (Å²) < 4.78 is 22.7. The van der Waals surface area contributed by atoms with Crippen LogP contribution in [-0.4, -0.2) is 38.8 Å². The van der Waals surface area contributed by atoms with E-state index in [1.54, 1.807) is 28.9 Å². The van der Waals surface area contributed by atoms with Crippen LogP contribution in [0.2, 0.25) is 0 Å². The van der Waals surface area contributed by atoms with Gasteiger partial charge >= 0.3 is 0 Å². The molecule has 4 aromatic rings. The Bertz CT molecular complexity index is 1460. The average molecular weight is 445 g/mol. The third kappa shape index (κ3) is 2.97. The zero-order chi connectivity index (χ0) is 23.1. The van der Waals surface area contributed by atoms with Crippen LogP contribution < -0.4 is 10.5 Å². The lowest BCUT2D eigenvalue weighted by atomic mass is 9.99. The van der Waals surface area contributed by atoms with Crippen molar-refractivity contribution in [1.29, 1.82) is 0 Å². The van der Waals surface area contributed by atoms with Gasteiger partial charge in [0.1, 0.15) is 29.5 Å². The van der Waals surface area contributed by atoms with Gasteiger partial charge in [-0.25, -0.2) is 14.4 Å². The maximum absolute atomic E-state index is 15.0. The molecule has 0 spiro atoms. The van der Waals surface area contributed by atoms with Crippen LogP contribution in [0.25, 0.3) is 16.6 Å². The van der Waals surface area contributed by atoms with Crippen molar-refractivity contribution in [1.82, 2.24) is 19.3 Å². The number of halogens is 1. The summed E-state index contributed by atoms with van der Waals surface area (Å²) in [4.78, 5) is 23.3. The van der Waals surface area contributed by atoms with Crippen molar-refractivity contribution in [2.75, 3.05) is 19.4 Å². The Morgan fingerprint density at radius 1 is 1.27 bits per heavy atom. The molecule has 1 saturated carbocycles. The lowest BCUT2D eigenvalue weighted by Crippen LogP contribution is -2.32. The minimum absolute atomic E-state index is 0.0311. The normalized spacial score (nSPS) is 20.6. The summed E-state index contributed by atoms with van der Waals surface area (Å²) in [5, 5.41) is 0. The van der Waals surface area contributed by atoms with Crippen molar-refractivity contribution in [3.63, 3.8) is 0 Å². The number of nitrogen functional groups attached to an aromatic ring is 1. The van der Waals surface area contributed by atoms with Gasteiger partial charge < -0.3 is 15.4 Å². The van der Waals surface area contributed by atoms with Gasteiger partial charge in [0, 0.05) is 18.7 Å². The molecule has 0 bridgehead atoms. The van der Waals surface area contributed by atoms with Crippen molar-refractivity contribution in [3.8, 4) is 5.75 Å². The molecule has 2 aromatic heterocycles. The van der Waals surface area contributed by atoms with Gasteiger partial charge in [-0.1, -0.05) is 26.0 Å². The third-order valence-electron chi connectivity index (χ3n) is 7.19. The molecule has 2 N–H and O–H groups in total. The van der Waals surface area contributed by atoms with Crippen molar-refractivity contribution in [2.45, 2.75) is 32.2 Å². The average Bonchev–Trinajstić information content (AvgIpc) is 3.16. The first kappa shape index (κ1) is 20.0. The van der Waals surface area contributed by atoms with Crippen molar-refractivity contribution in [3.05, 3.63) is 65.4 Å². The van der Waals surface area contributed by atoms with E-state index in [2.05, 4.69) is 35.9 Å². The van der Waals surface area contributed by atoms with E-state index < -0.39 is 11.7 Å². The monoisotopic (exact) mass is 445 g/mol. The highest BCUT2D eigenvalue weighted by atomic mass is 19.1. The van der Waals surface area contributed by atoms with Gasteiger partial charge in [-0.15, -0.1) is 0 Å². The molecule has 1 fully saturated rings. The molecule has 1 unspecified atom stereocenters. The Kier molecular flexibility index (Phi) is 4.03. The van der Waals surface area contributed by atoms with E-state index in [1.165, 1.54) is 24.1 Å². The zero-order valence-electron chi connectivity index (χ0n) is 18.7. The number of benzene rings is 2. The number of aromatic nitrogens is 3. The van der Waals surface area contributed by atoms with E-state index in [-0.39, 0.29) is 17.4 Å². The number of likely N-dealkylation sites (N-methyl/N-ethyl adjacent to an activating group) is 1. The predicted molar refractivity (Wildman–Crippen MR) is 123 cm³/mol. The van der Waals surface area contributed by atoms with Crippen LogP contribution in [0.5, 0.6) is 5.75 Å². The third-order valence-corrected chi connectivity index (χ3v) is 7.19. The van der Waals surface area contributed by atoms with Crippen LogP contribution in [0.3, 0.4) is 0 Å². The highest BCUT2D eigenvalue weighted by Gasteiger charge is 2.47. The molecule has 8 heteroatoms. The highest BCUT2D eigenvalue weighted by Crippen LogP contribution is 2.59. The first-order valence-corrected chi connectivity index (χ1v) is 11.0. The molecule has 1 amide bonds. The summed E-state index contributed by atoms with van der Waals surface area (Å²) in [6.45, 7) is 4.87. The van der Waals surface area contributed by atoms with Crippen molar-refractivity contribution >= 4 is 28.3 Å². The fraction of sp³-hybridized carbons (Fsp3) is 0.320. The summed E-state index contributed by atoms with van der Waals surface area (Å²) in [7, 11) is 1.68. The molecule has 168 valence electrons. The predicted octanol–water partition coefficient (Wildman–Crippen LogP) is 4.32. The lowest BCUT2D eigenvalue weighted by Gasteiger charge is -2.24. The second kappa shape index (κ2) is 6.66. The number of amides is 1. The Balaban J connectivity index is 1.34. The molecule has 0 radical (unpaired) electrons. The second-order valence-corrected chi connectivity index (χ2v) is 9.75. The zero-order valence-corrected chi connectivity index (χ0v) is 18.7. The van der Waals surface area contributed by atoms with E-state index in [0.717, 1.165) is 11.3 Å². The highest BCUT2D eigenvalue weighted by molar-refractivity contribution is 5.98. The van der Waals surface area contributed by atoms with Crippen LogP contribution >= 0.6 is 0 Å². The fourth-order valence-electron chi connectivity index (χ4n) is 4.98. The van der Waals surface area contributed by atoms with Gasteiger partial charge in [0.25, 0.3) is 5.91 Å². The molecule has 2 atom stereocenters. The maximum atomic E-state index is 15.0. The van der Waals surface area contributed by atoms with E-state index in [0.29, 0.717) is 34.5 Å². The van der Waals surface area contributed by atoms with E-state index in [4.69, 9.17) is 10.5 Å². The standard InChI is InChI=1S/C25H24FN5O2/c1-25(2)9-16(25)13-4-5-14-21(11-33-22(14)6-13)30(3)24(32)15-7-19-18(8-17(15)26)29-23(27)20-10-28-12-31(19)20/h4-8,10,12,16,21H,9,11H2,1-3H3,(H2,27,29)/t16?,21-/m1/s1. The Morgan fingerprint density at radius 2 is 2.06 bits per heavy atom. The molecule has 1 aliphatic carbocycles. The number of hydrogen-bond acceptors (Lipinski definition) is 5. The Labute approximate surface area is 190 Å². The summed E-state index contributed by atoms with van der Waals surface area (Å²) in [5.41, 5.74) is 9.99. The van der Waals surface area contributed by atoms with E-state index in [9.17, 15) is 4.79 Å². The van der Waals surface area contributed by atoms with Gasteiger partial charge in [0.05, 0.1) is 35.2 Å². The summed E-state index contributed by atoms with van der Waals surface area (Å²) >= 11 is 0. The topological polar surface area (TPSA) is 85.8 Å². The number of fused-ring (bicyclic) bond motifs is 4.